The third-order valence-electron chi connectivity index (χ3n) is 12.8. The molecule has 4 fully saturated rings. The van der Waals surface area contributed by atoms with Crippen LogP contribution in [0.3, 0.4) is 0 Å². The molecular weight excluding hydrogens is 596 g/mol. The first-order chi connectivity index (χ1) is 21.7. The first kappa shape index (κ1) is 33.4. The number of benzene rings is 1. The van der Waals surface area contributed by atoms with E-state index in [0.29, 0.717) is 44.3 Å². The van der Waals surface area contributed by atoms with E-state index < -0.39 is 66.0 Å². The van der Waals surface area contributed by atoms with Crippen LogP contribution in [0.2, 0.25) is 0 Å². The molecule has 46 heavy (non-hydrogen) atoms. The number of esters is 1. The molecule has 9 atom stereocenters. The van der Waals surface area contributed by atoms with Crippen molar-refractivity contribution in [3.05, 3.63) is 23.5 Å². The van der Waals surface area contributed by atoms with E-state index in [0.717, 1.165) is 12.8 Å². The molecular formula is C34H47BFNO9. The summed E-state index contributed by atoms with van der Waals surface area (Å²) in [6.07, 6.45) is 1.81. The SMILES string of the molecule is C[C@H]1[C@H](O)[C@](C)(CCC(=O)N2CC[C@H](O)C2)C[C@@H](OC(=O)COc2ccc3c(c2F)B(O)OC3)[C@@]2(C)[C@@H]3C(=O)CC[C@]31CC[C@@H]2C. The number of carbonyl (C=O) groups is 3. The van der Waals surface area contributed by atoms with Crippen LogP contribution in [0.1, 0.15) is 84.6 Å². The van der Waals surface area contributed by atoms with Crippen molar-refractivity contribution in [2.24, 2.45) is 34.0 Å². The Labute approximate surface area is 270 Å². The highest BCUT2D eigenvalue weighted by molar-refractivity contribution is 6.61. The minimum Gasteiger partial charge on any atom is -0.479 e. The number of carbonyl (C=O) groups excluding carboxylic acids is 3. The molecule has 2 bridgehead atoms. The molecule has 2 aliphatic heterocycles. The Morgan fingerprint density at radius 3 is 2.65 bits per heavy atom. The van der Waals surface area contributed by atoms with Gasteiger partial charge in [0.15, 0.2) is 18.2 Å². The van der Waals surface area contributed by atoms with Gasteiger partial charge in [-0.1, -0.05) is 33.8 Å². The molecule has 0 spiro atoms. The molecule has 0 radical (unpaired) electrons. The summed E-state index contributed by atoms with van der Waals surface area (Å²) in [5, 5.41) is 32.1. The zero-order valence-electron chi connectivity index (χ0n) is 27.3. The van der Waals surface area contributed by atoms with Crippen LogP contribution in [-0.2, 0) is 30.4 Å². The maximum atomic E-state index is 15.1. The quantitative estimate of drug-likeness (QED) is 0.302. The van der Waals surface area contributed by atoms with Gasteiger partial charge in [0.25, 0.3) is 0 Å². The summed E-state index contributed by atoms with van der Waals surface area (Å²) in [6, 6.07) is 2.97. The fraction of sp³-hybridized carbons (Fsp3) is 0.735. The Morgan fingerprint density at radius 1 is 1.17 bits per heavy atom. The number of fused-ring (bicyclic) bond motifs is 1. The Kier molecular flexibility index (Phi) is 8.83. The van der Waals surface area contributed by atoms with E-state index in [1.807, 2.05) is 20.8 Å². The van der Waals surface area contributed by atoms with Crippen LogP contribution >= 0.6 is 0 Å². The molecule has 0 unspecified atom stereocenters. The summed E-state index contributed by atoms with van der Waals surface area (Å²) in [5.41, 5.74) is -1.53. The molecule has 1 aromatic carbocycles. The van der Waals surface area contributed by atoms with Gasteiger partial charge in [0, 0.05) is 42.7 Å². The lowest BCUT2D eigenvalue weighted by atomic mass is 9.43. The van der Waals surface area contributed by atoms with Gasteiger partial charge in [0.1, 0.15) is 11.9 Å². The van der Waals surface area contributed by atoms with E-state index in [4.69, 9.17) is 14.1 Å². The number of aliphatic hydroxyl groups is 2. The average Bonchev–Trinajstić information content (AvgIpc) is 3.73. The van der Waals surface area contributed by atoms with E-state index in [2.05, 4.69) is 6.92 Å². The van der Waals surface area contributed by atoms with Gasteiger partial charge in [0.2, 0.25) is 5.91 Å². The van der Waals surface area contributed by atoms with Gasteiger partial charge in [-0.2, -0.15) is 0 Å². The normalized spacial score (nSPS) is 38.7. The number of likely N-dealkylation sites (tertiary alicyclic amines) is 1. The number of halogens is 1. The number of amides is 1. The standard InChI is InChI=1S/C34H47BFNO9/c1-19-7-12-34-13-8-23(39)30(34)33(19,4)25(46-27(41)18-44-24-6-5-21-17-45-35(43)28(21)29(24)36)15-32(3,31(42)20(34)2)11-9-26(40)37-14-10-22(38)16-37/h5-6,19-20,22,25,30-31,38,42-43H,7-18H2,1-4H3/t19-,20-,22-,25+,30-,31-,32+,33-,34-/m0/s1. The van der Waals surface area contributed by atoms with E-state index >= 15 is 4.39 Å². The second-order valence-electron chi connectivity index (χ2n) is 15.2. The lowest BCUT2D eigenvalue weighted by Gasteiger charge is -2.62. The van der Waals surface area contributed by atoms with Crippen LogP contribution in [-0.4, -0.2) is 82.9 Å². The summed E-state index contributed by atoms with van der Waals surface area (Å²) >= 11 is 0. The number of aliphatic hydroxyl groups excluding tert-OH is 2. The van der Waals surface area contributed by atoms with Crippen molar-refractivity contribution in [3.8, 4) is 5.75 Å². The van der Waals surface area contributed by atoms with Crippen molar-refractivity contribution in [3.63, 3.8) is 0 Å². The number of ketones is 1. The van der Waals surface area contributed by atoms with Gasteiger partial charge in [-0.25, -0.2) is 9.18 Å². The summed E-state index contributed by atoms with van der Waals surface area (Å²) in [5.74, 6) is -2.27. The van der Waals surface area contributed by atoms with Crippen LogP contribution in [0.5, 0.6) is 5.75 Å². The number of nitrogens with zero attached hydrogens (tertiary/aromatic N) is 1. The van der Waals surface area contributed by atoms with Crippen LogP contribution in [0.15, 0.2) is 12.1 Å². The Balaban J connectivity index is 1.28. The summed E-state index contributed by atoms with van der Waals surface area (Å²) in [4.78, 5) is 42.1. The van der Waals surface area contributed by atoms with Crippen molar-refractivity contribution in [1.29, 1.82) is 0 Å². The Hall–Kier alpha value is -2.54. The molecule has 6 rings (SSSR count). The molecule has 1 saturated heterocycles. The number of rotatable bonds is 7. The van der Waals surface area contributed by atoms with E-state index in [-0.39, 0.29) is 54.2 Å². The maximum absolute atomic E-state index is 15.1. The van der Waals surface area contributed by atoms with Crippen LogP contribution in [0, 0.1) is 39.8 Å². The highest BCUT2D eigenvalue weighted by Gasteiger charge is 2.68. The van der Waals surface area contributed by atoms with Crippen LogP contribution in [0.25, 0.3) is 0 Å². The van der Waals surface area contributed by atoms with E-state index in [1.54, 1.807) is 11.0 Å². The monoisotopic (exact) mass is 643 g/mol. The van der Waals surface area contributed by atoms with E-state index in [9.17, 15) is 29.6 Å². The van der Waals surface area contributed by atoms with E-state index in [1.165, 1.54) is 6.07 Å². The summed E-state index contributed by atoms with van der Waals surface area (Å²) in [6.45, 7) is 8.40. The minimum absolute atomic E-state index is 0.0117. The molecule has 12 heteroatoms. The van der Waals surface area contributed by atoms with Crippen molar-refractivity contribution in [2.75, 3.05) is 19.7 Å². The summed E-state index contributed by atoms with van der Waals surface area (Å²) < 4.78 is 32.1. The molecule has 3 saturated carbocycles. The molecule has 3 aliphatic carbocycles. The van der Waals surface area contributed by atoms with Crippen molar-refractivity contribution < 1.29 is 48.1 Å². The Morgan fingerprint density at radius 2 is 1.93 bits per heavy atom. The van der Waals surface area contributed by atoms with Crippen molar-refractivity contribution in [1.82, 2.24) is 4.90 Å². The highest BCUT2D eigenvalue weighted by atomic mass is 19.1. The van der Waals surface area contributed by atoms with Crippen molar-refractivity contribution in [2.45, 2.75) is 104 Å². The number of Topliss-reactive ketones (excluding diaryl/α,β-unsaturated/α-hetero) is 1. The van der Waals surface area contributed by atoms with Gasteiger partial charge in [-0.05, 0) is 72.8 Å². The zero-order valence-corrected chi connectivity index (χ0v) is 27.3. The lowest BCUT2D eigenvalue weighted by Crippen LogP contribution is -2.63. The zero-order chi connectivity index (χ0) is 33.2. The molecule has 3 N–H and O–H groups in total. The Bertz CT molecular complexity index is 1390. The molecule has 1 amide bonds. The average molecular weight is 644 g/mol. The second kappa shape index (κ2) is 12.2. The van der Waals surface area contributed by atoms with Gasteiger partial charge in [-0.15, -0.1) is 0 Å². The minimum atomic E-state index is -1.41. The molecule has 5 aliphatic rings. The molecule has 1 aromatic rings. The van der Waals surface area contributed by atoms with Gasteiger partial charge in [-0.3, -0.25) is 9.59 Å². The number of β-amino-alcohol motifs (C(OH)–C–C–N with tert-alkyl or cyclic N) is 1. The van der Waals surface area contributed by atoms with Gasteiger partial charge >= 0.3 is 13.1 Å². The van der Waals surface area contributed by atoms with Gasteiger partial charge < -0.3 is 34.3 Å². The number of hydrogen-bond donors (Lipinski definition) is 3. The first-order valence-electron chi connectivity index (χ1n) is 16.8. The van der Waals surface area contributed by atoms with Crippen LogP contribution < -0.4 is 10.2 Å². The molecule has 2 heterocycles. The number of hydrogen-bond acceptors (Lipinski definition) is 9. The predicted molar refractivity (Wildman–Crippen MR) is 165 cm³/mol. The fourth-order valence-electron chi connectivity index (χ4n) is 9.82. The third kappa shape index (κ3) is 5.37. The topological polar surface area (TPSA) is 143 Å². The molecule has 10 nitrogen and oxygen atoms in total. The third-order valence-corrected chi connectivity index (χ3v) is 12.8. The summed E-state index contributed by atoms with van der Waals surface area (Å²) in [7, 11) is -1.41. The van der Waals surface area contributed by atoms with Crippen LogP contribution in [0.4, 0.5) is 4.39 Å². The lowest BCUT2D eigenvalue weighted by molar-refractivity contribution is -0.213. The first-order valence-corrected chi connectivity index (χ1v) is 16.8. The smallest absolute Gasteiger partial charge is 0.479 e. The fourth-order valence-corrected chi connectivity index (χ4v) is 9.82. The second-order valence-corrected chi connectivity index (χ2v) is 15.2. The molecule has 0 aromatic heterocycles. The molecule has 252 valence electrons. The number of ether oxygens (including phenoxy) is 2. The van der Waals surface area contributed by atoms with Gasteiger partial charge in [0.05, 0.1) is 18.8 Å². The predicted octanol–water partition coefficient (Wildman–Crippen LogP) is 2.52. The van der Waals surface area contributed by atoms with Crippen molar-refractivity contribution >= 4 is 30.2 Å². The maximum Gasteiger partial charge on any atom is 0.494 e. The highest BCUT2D eigenvalue weighted by Crippen LogP contribution is 2.68. The largest absolute Gasteiger partial charge is 0.494 e.